The number of hydrogen-bond acceptors (Lipinski definition) is 6. The number of aliphatic hydroxyl groups excluding tert-OH is 1. The third-order valence-electron chi connectivity index (χ3n) is 1.29. The number of rotatable bonds is 4. The SMILES string of the molecule is NN(CCO)NN1C=NCC1. The molecule has 0 amide bonds. The minimum absolute atomic E-state index is 0.0362. The van der Waals surface area contributed by atoms with Gasteiger partial charge in [-0.2, -0.15) is 10.7 Å². The lowest BCUT2D eigenvalue weighted by Gasteiger charge is -2.22. The summed E-state index contributed by atoms with van der Waals surface area (Å²) in [5.41, 5.74) is 2.81. The third-order valence-corrected chi connectivity index (χ3v) is 1.29. The van der Waals surface area contributed by atoms with E-state index in [1.165, 1.54) is 5.12 Å². The van der Waals surface area contributed by atoms with Gasteiger partial charge in [-0.3, -0.25) is 15.8 Å². The first kappa shape index (κ1) is 8.41. The lowest BCUT2D eigenvalue weighted by molar-refractivity contribution is 0.0646. The Hall–Kier alpha value is -0.690. The van der Waals surface area contributed by atoms with Crippen molar-refractivity contribution in [2.45, 2.75) is 0 Å². The van der Waals surface area contributed by atoms with Gasteiger partial charge < -0.3 is 5.11 Å². The lowest BCUT2D eigenvalue weighted by atomic mass is 10.7. The first-order valence-electron chi connectivity index (χ1n) is 3.49. The molecule has 0 aliphatic carbocycles. The van der Waals surface area contributed by atoms with Crippen LogP contribution in [0.1, 0.15) is 0 Å². The van der Waals surface area contributed by atoms with Gasteiger partial charge in [-0.05, 0) is 0 Å². The Balaban J connectivity index is 2.13. The zero-order valence-corrected chi connectivity index (χ0v) is 6.27. The number of nitrogens with one attached hydrogen (secondary N) is 1. The minimum Gasteiger partial charge on any atom is -0.395 e. The van der Waals surface area contributed by atoms with Crippen LogP contribution in [0.3, 0.4) is 0 Å². The second-order valence-electron chi connectivity index (χ2n) is 2.23. The van der Waals surface area contributed by atoms with Gasteiger partial charge in [0.15, 0.2) is 0 Å². The summed E-state index contributed by atoms with van der Waals surface area (Å²) in [5, 5.41) is 11.6. The fourth-order valence-corrected chi connectivity index (χ4v) is 0.778. The second-order valence-corrected chi connectivity index (χ2v) is 2.23. The molecule has 4 N–H and O–H groups in total. The first-order valence-corrected chi connectivity index (χ1v) is 3.49. The monoisotopic (exact) mass is 159 g/mol. The van der Waals surface area contributed by atoms with Crippen molar-refractivity contribution in [2.75, 3.05) is 26.2 Å². The van der Waals surface area contributed by atoms with E-state index < -0.39 is 0 Å². The average molecular weight is 159 g/mol. The molecule has 0 saturated heterocycles. The maximum atomic E-state index is 8.50. The largest absolute Gasteiger partial charge is 0.395 e. The first-order chi connectivity index (χ1) is 5.33. The molecule has 0 aromatic rings. The molecule has 0 saturated carbocycles. The average Bonchev–Trinajstić information content (AvgIpc) is 2.40. The Morgan fingerprint density at radius 3 is 3.18 bits per heavy atom. The summed E-state index contributed by atoms with van der Waals surface area (Å²) in [4.78, 5) is 3.97. The number of nitrogens with two attached hydrogens (primary N) is 1. The van der Waals surface area contributed by atoms with Gasteiger partial charge in [0.1, 0.15) is 6.34 Å². The number of nitrogens with zero attached hydrogens (tertiary/aromatic N) is 3. The van der Waals surface area contributed by atoms with E-state index in [-0.39, 0.29) is 6.61 Å². The summed E-state index contributed by atoms with van der Waals surface area (Å²) in [5.74, 6) is 5.42. The molecule has 6 heteroatoms. The lowest BCUT2D eigenvalue weighted by Crippen LogP contribution is -2.53. The molecule has 0 fully saturated rings. The topological polar surface area (TPSA) is 77.1 Å². The fourth-order valence-electron chi connectivity index (χ4n) is 0.778. The number of hydrazine groups is 3. The standard InChI is InChI=1S/C5H13N5O/c6-10(3-4-11)8-9-2-1-7-5-9/h5,8,11H,1-4,6H2. The molecule has 0 aromatic heterocycles. The van der Waals surface area contributed by atoms with Gasteiger partial charge in [0.25, 0.3) is 0 Å². The highest BCUT2D eigenvalue weighted by atomic mass is 16.3. The molecule has 11 heavy (non-hydrogen) atoms. The smallest absolute Gasteiger partial charge is 0.101 e. The Bertz CT molecular complexity index is 139. The molecule has 0 aromatic carbocycles. The van der Waals surface area contributed by atoms with Crippen LogP contribution >= 0.6 is 0 Å². The van der Waals surface area contributed by atoms with E-state index in [2.05, 4.69) is 10.5 Å². The summed E-state index contributed by atoms with van der Waals surface area (Å²) in [6.45, 7) is 2.04. The molecule has 0 unspecified atom stereocenters. The third kappa shape index (κ3) is 2.81. The summed E-state index contributed by atoms with van der Waals surface area (Å²) < 4.78 is 0. The normalized spacial score (nSPS) is 16.8. The highest BCUT2D eigenvalue weighted by Crippen LogP contribution is 1.87. The van der Waals surface area contributed by atoms with E-state index in [0.29, 0.717) is 6.54 Å². The Morgan fingerprint density at radius 1 is 1.82 bits per heavy atom. The van der Waals surface area contributed by atoms with Crippen LogP contribution in [0.5, 0.6) is 0 Å². The predicted molar refractivity (Wildman–Crippen MR) is 41.2 cm³/mol. The van der Waals surface area contributed by atoms with Gasteiger partial charge in [0, 0.05) is 0 Å². The van der Waals surface area contributed by atoms with Gasteiger partial charge in [-0.1, -0.05) is 0 Å². The van der Waals surface area contributed by atoms with E-state index in [9.17, 15) is 0 Å². The molecule has 6 nitrogen and oxygen atoms in total. The molecule has 1 aliphatic heterocycles. The molecule has 0 bridgehead atoms. The maximum absolute atomic E-state index is 8.50. The van der Waals surface area contributed by atoms with Gasteiger partial charge >= 0.3 is 0 Å². The second kappa shape index (κ2) is 4.24. The summed E-state index contributed by atoms with van der Waals surface area (Å²) in [6.07, 6.45) is 1.68. The number of hydrogen-bond donors (Lipinski definition) is 3. The molecule has 1 aliphatic rings. The van der Waals surface area contributed by atoms with Gasteiger partial charge in [0.2, 0.25) is 0 Å². The van der Waals surface area contributed by atoms with Crippen molar-refractivity contribution < 1.29 is 5.11 Å². The van der Waals surface area contributed by atoms with E-state index in [4.69, 9.17) is 10.9 Å². The summed E-state index contributed by atoms with van der Waals surface area (Å²) in [6, 6.07) is 0. The highest BCUT2D eigenvalue weighted by Gasteiger charge is 2.06. The number of aliphatic hydroxyl groups is 1. The summed E-state index contributed by atoms with van der Waals surface area (Å²) in [7, 11) is 0. The zero-order valence-electron chi connectivity index (χ0n) is 6.27. The van der Waals surface area contributed by atoms with Crippen LogP contribution in [0.4, 0.5) is 0 Å². The molecular weight excluding hydrogens is 146 g/mol. The van der Waals surface area contributed by atoms with Crippen LogP contribution in [-0.4, -0.2) is 47.8 Å². The van der Waals surface area contributed by atoms with Crippen molar-refractivity contribution in [2.24, 2.45) is 10.8 Å². The van der Waals surface area contributed by atoms with Gasteiger partial charge in [-0.15, -0.1) is 0 Å². The van der Waals surface area contributed by atoms with Crippen LogP contribution in [0.25, 0.3) is 0 Å². The van der Waals surface area contributed by atoms with Gasteiger partial charge in [-0.25, -0.2) is 0 Å². The van der Waals surface area contributed by atoms with Gasteiger partial charge in [0.05, 0.1) is 26.2 Å². The van der Waals surface area contributed by atoms with Crippen molar-refractivity contribution in [3.8, 4) is 0 Å². The van der Waals surface area contributed by atoms with E-state index >= 15 is 0 Å². The minimum atomic E-state index is 0.0362. The molecule has 1 heterocycles. The summed E-state index contributed by atoms with van der Waals surface area (Å²) >= 11 is 0. The van der Waals surface area contributed by atoms with E-state index in [1.807, 2.05) is 0 Å². The van der Waals surface area contributed by atoms with Crippen LogP contribution < -0.4 is 11.4 Å². The fraction of sp³-hybridized carbons (Fsp3) is 0.800. The van der Waals surface area contributed by atoms with E-state index in [0.717, 1.165) is 13.1 Å². The van der Waals surface area contributed by atoms with Crippen LogP contribution in [-0.2, 0) is 0 Å². The Morgan fingerprint density at radius 2 is 2.64 bits per heavy atom. The number of aliphatic imine (C=N–C) groups is 1. The molecule has 0 spiro atoms. The van der Waals surface area contributed by atoms with Crippen molar-refractivity contribution in [3.05, 3.63) is 0 Å². The van der Waals surface area contributed by atoms with Crippen molar-refractivity contribution in [1.29, 1.82) is 0 Å². The Labute approximate surface area is 65.2 Å². The highest BCUT2D eigenvalue weighted by molar-refractivity contribution is 5.56. The Kier molecular flexibility index (Phi) is 3.24. The molecule has 0 atom stereocenters. The zero-order chi connectivity index (χ0) is 8.10. The van der Waals surface area contributed by atoms with Crippen LogP contribution in [0.15, 0.2) is 4.99 Å². The van der Waals surface area contributed by atoms with E-state index in [1.54, 1.807) is 11.3 Å². The molecule has 0 radical (unpaired) electrons. The molecule has 1 rings (SSSR count). The van der Waals surface area contributed by atoms with Crippen molar-refractivity contribution >= 4 is 6.34 Å². The predicted octanol–water partition coefficient (Wildman–Crippen LogP) is -2.08. The van der Waals surface area contributed by atoms with Crippen molar-refractivity contribution in [3.63, 3.8) is 0 Å². The van der Waals surface area contributed by atoms with Crippen LogP contribution in [0.2, 0.25) is 0 Å². The van der Waals surface area contributed by atoms with Crippen LogP contribution in [0, 0.1) is 0 Å². The molecule has 64 valence electrons. The quantitative estimate of drug-likeness (QED) is 0.324. The molecular formula is C5H13N5O. The maximum Gasteiger partial charge on any atom is 0.101 e. The van der Waals surface area contributed by atoms with Crippen molar-refractivity contribution in [1.82, 2.24) is 15.7 Å².